The predicted molar refractivity (Wildman–Crippen MR) is 122 cm³/mol. The van der Waals surface area contributed by atoms with Crippen LogP contribution in [0.5, 0.6) is 0 Å². The molecule has 0 spiro atoms. The molecule has 0 atom stereocenters. The van der Waals surface area contributed by atoms with E-state index in [0.717, 1.165) is 59.3 Å². The zero-order chi connectivity index (χ0) is 21.1. The second-order valence-corrected chi connectivity index (χ2v) is 9.12. The summed E-state index contributed by atoms with van der Waals surface area (Å²) < 4.78 is 10.9. The zero-order valence-electron chi connectivity index (χ0n) is 17.5. The molecular weight excluding hydrogens is 412 g/mol. The molecule has 2 aliphatic rings. The van der Waals surface area contributed by atoms with Gasteiger partial charge in [-0.25, -0.2) is 9.97 Å². The average Bonchev–Trinajstić information content (AvgIpc) is 3.23. The lowest BCUT2D eigenvalue weighted by Crippen LogP contribution is -2.42. The van der Waals surface area contributed by atoms with Gasteiger partial charge in [0.25, 0.3) is 0 Å². The summed E-state index contributed by atoms with van der Waals surface area (Å²) in [6.07, 6.45) is 1.26. The van der Waals surface area contributed by atoms with Gasteiger partial charge in [-0.15, -0.1) is 11.3 Å². The van der Waals surface area contributed by atoms with E-state index >= 15 is 0 Å². The van der Waals surface area contributed by atoms with Gasteiger partial charge < -0.3 is 19.9 Å². The van der Waals surface area contributed by atoms with Crippen LogP contribution in [-0.4, -0.2) is 71.6 Å². The largest absolute Gasteiger partial charge is 0.388 e. The standard InChI is InChI=1S/C23H28N4O3S/c28-23(6-10-29-11-7-23)16-24-21-20-18(17-4-2-1-3-5-17)15-31-22(20)26-19(25-21)14-27-8-12-30-13-9-27/h1-5,15,28H,6-14,16H2,(H,24,25,26). The minimum atomic E-state index is -0.775. The Balaban J connectivity index is 1.49. The first-order chi connectivity index (χ1) is 15.2. The summed E-state index contributed by atoms with van der Waals surface area (Å²) >= 11 is 1.64. The van der Waals surface area contributed by atoms with Gasteiger partial charge in [-0.2, -0.15) is 0 Å². The number of morpholine rings is 1. The van der Waals surface area contributed by atoms with Crippen molar-refractivity contribution in [2.75, 3.05) is 51.4 Å². The van der Waals surface area contributed by atoms with Gasteiger partial charge in [-0.05, 0) is 5.56 Å². The van der Waals surface area contributed by atoms with Crippen LogP contribution in [0.4, 0.5) is 5.82 Å². The second-order valence-electron chi connectivity index (χ2n) is 8.26. The van der Waals surface area contributed by atoms with Crippen LogP contribution in [0.1, 0.15) is 18.7 Å². The second kappa shape index (κ2) is 9.18. The lowest BCUT2D eigenvalue weighted by atomic mass is 9.94. The Labute approximate surface area is 186 Å². The number of hydrogen-bond donors (Lipinski definition) is 2. The van der Waals surface area contributed by atoms with Crippen LogP contribution in [0, 0.1) is 0 Å². The van der Waals surface area contributed by atoms with Crippen LogP contribution >= 0.6 is 11.3 Å². The summed E-state index contributed by atoms with van der Waals surface area (Å²) in [6, 6.07) is 10.3. The molecule has 4 heterocycles. The predicted octanol–water partition coefficient (Wildman–Crippen LogP) is 3.14. The minimum absolute atomic E-state index is 0.448. The molecule has 0 aliphatic carbocycles. The van der Waals surface area contributed by atoms with E-state index in [2.05, 4.69) is 27.7 Å². The Hall–Kier alpha value is -2.10. The number of fused-ring (bicyclic) bond motifs is 1. The molecule has 2 saturated heterocycles. The Morgan fingerprint density at radius 2 is 1.77 bits per heavy atom. The fourth-order valence-corrected chi connectivity index (χ4v) is 5.12. The van der Waals surface area contributed by atoms with Crippen LogP contribution in [0.2, 0.25) is 0 Å². The maximum absolute atomic E-state index is 11.0. The highest BCUT2D eigenvalue weighted by atomic mass is 32.1. The molecule has 2 N–H and O–H groups in total. The van der Waals surface area contributed by atoms with Gasteiger partial charge in [0.2, 0.25) is 0 Å². The average molecular weight is 441 g/mol. The van der Waals surface area contributed by atoms with Crippen LogP contribution in [0.3, 0.4) is 0 Å². The van der Waals surface area contributed by atoms with Crippen molar-refractivity contribution < 1.29 is 14.6 Å². The smallest absolute Gasteiger partial charge is 0.146 e. The normalized spacial score (nSPS) is 19.5. The molecule has 2 aliphatic heterocycles. The van der Waals surface area contributed by atoms with Crippen molar-refractivity contribution >= 4 is 27.4 Å². The first-order valence-corrected chi connectivity index (χ1v) is 11.8. The number of nitrogens with zero attached hydrogens (tertiary/aromatic N) is 3. The van der Waals surface area contributed by atoms with Crippen molar-refractivity contribution in [3.63, 3.8) is 0 Å². The van der Waals surface area contributed by atoms with Crippen molar-refractivity contribution in [3.05, 3.63) is 41.5 Å². The van der Waals surface area contributed by atoms with Gasteiger partial charge in [0.1, 0.15) is 16.5 Å². The molecular formula is C23H28N4O3S. The molecule has 1 aromatic carbocycles. The van der Waals surface area contributed by atoms with Crippen LogP contribution < -0.4 is 5.32 Å². The number of anilines is 1. The molecule has 0 radical (unpaired) electrons. The summed E-state index contributed by atoms with van der Waals surface area (Å²) in [5, 5.41) is 17.6. The van der Waals surface area contributed by atoms with E-state index in [1.54, 1.807) is 11.3 Å². The lowest BCUT2D eigenvalue weighted by molar-refractivity contribution is -0.0543. The van der Waals surface area contributed by atoms with Crippen LogP contribution in [-0.2, 0) is 16.0 Å². The molecule has 2 aromatic heterocycles. The van der Waals surface area contributed by atoms with Crippen molar-refractivity contribution in [2.45, 2.75) is 25.0 Å². The van der Waals surface area contributed by atoms with Gasteiger partial charge in [-0.1, -0.05) is 30.3 Å². The topological polar surface area (TPSA) is 79.7 Å². The molecule has 0 amide bonds. The van der Waals surface area contributed by atoms with Crippen LogP contribution in [0.25, 0.3) is 21.3 Å². The quantitative estimate of drug-likeness (QED) is 0.610. The van der Waals surface area contributed by atoms with Crippen molar-refractivity contribution in [1.29, 1.82) is 0 Å². The molecule has 0 bridgehead atoms. The van der Waals surface area contributed by atoms with E-state index in [-0.39, 0.29) is 0 Å². The van der Waals surface area contributed by atoms with E-state index in [0.29, 0.717) is 39.1 Å². The van der Waals surface area contributed by atoms with Crippen LogP contribution in [0.15, 0.2) is 35.7 Å². The van der Waals surface area contributed by atoms with Gasteiger partial charge in [0.05, 0.1) is 30.7 Å². The summed E-state index contributed by atoms with van der Waals surface area (Å²) in [5.41, 5.74) is 1.49. The Morgan fingerprint density at radius 3 is 2.55 bits per heavy atom. The molecule has 2 fully saturated rings. The molecule has 0 saturated carbocycles. The molecule has 31 heavy (non-hydrogen) atoms. The van der Waals surface area contributed by atoms with Crippen molar-refractivity contribution in [2.24, 2.45) is 0 Å². The Bertz CT molecular complexity index is 1010. The Morgan fingerprint density at radius 1 is 1.03 bits per heavy atom. The van der Waals surface area contributed by atoms with Gasteiger partial charge in [-0.3, -0.25) is 4.90 Å². The molecule has 164 valence electrons. The molecule has 8 heteroatoms. The molecule has 7 nitrogen and oxygen atoms in total. The minimum Gasteiger partial charge on any atom is -0.388 e. The first kappa shape index (κ1) is 20.8. The third kappa shape index (κ3) is 4.73. The summed E-state index contributed by atoms with van der Waals surface area (Å²) in [6.45, 7) is 5.61. The number of rotatable bonds is 6. The van der Waals surface area contributed by atoms with Crippen molar-refractivity contribution in [3.8, 4) is 11.1 Å². The number of nitrogens with one attached hydrogen (secondary N) is 1. The SMILES string of the molecule is OC1(CNc2nc(CN3CCOCC3)nc3scc(-c4ccccc4)c23)CCOCC1. The molecule has 0 unspecified atom stereocenters. The number of ether oxygens (including phenoxy) is 2. The third-order valence-electron chi connectivity index (χ3n) is 6.04. The van der Waals surface area contributed by atoms with E-state index < -0.39 is 5.60 Å². The molecule has 3 aromatic rings. The maximum atomic E-state index is 11.0. The highest BCUT2D eigenvalue weighted by Crippen LogP contribution is 2.37. The van der Waals surface area contributed by atoms with Crippen molar-refractivity contribution in [1.82, 2.24) is 14.9 Å². The summed E-state index contributed by atoms with van der Waals surface area (Å²) in [7, 11) is 0. The monoisotopic (exact) mass is 440 g/mol. The lowest BCUT2D eigenvalue weighted by Gasteiger charge is -2.32. The third-order valence-corrected chi connectivity index (χ3v) is 6.91. The van der Waals surface area contributed by atoms with E-state index in [4.69, 9.17) is 19.4 Å². The van der Waals surface area contributed by atoms with Gasteiger partial charge in [0.15, 0.2) is 0 Å². The van der Waals surface area contributed by atoms with E-state index in [1.807, 2.05) is 18.2 Å². The van der Waals surface area contributed by atoms with E-state index in [1.165, 1.54) is 0 Å². The van der Waals surface area contributed by atoms with E-state index in [9.17, 15) is 5.11 Å². The van der Waals surface area contributed by atoms with Gasteiger partial charge in [0, 0.05) is 56.6 Å². The Kier molecular flexibility index (Phi) is 6.15. The number of aliphatic hydroxyl groups is 1. The highest BCUT2D eigenvalue weighted by molar-refractivity contribution is 7.17. The molecule has 5 rings (SSSR count). The number of aromatic nitrogens is 2. The maximum Gasteiger partial charge on any atom is 0.146 e. The zero-order valence-corrected chi connectivity index (χ0v) is 18.4. The fraction of sp³-hybridized carbons (Fsp3) is 0.478. The first-order valence-electron chi connectivity index (χ1n) is 10.9. The number of hydrogen-bond acceptors (Lipinski definition) is 8. The van der Waals surface area contributed by atoms with Gasteiger partial charge >= 0.3 is 0 Å². The fourth-order valence-electron chi connectivity index (χ4n) is 4.15. The summed E-state index contributed by atoms with van der Waals surface area (Å²) in [5.74, 6) is 1.60. The number of benzene rings is 1. The highest BCUT2D eigenvalue weighted by Gasteiger charge is 2.30. The summed E-state index contributed by atoms with van der Waals surface area (Å²) in [4.78, 5) is 13.1. The number of thiophene rings is 1.